The number of aromatic amines is 1. The van der Waals surface area contributed by atoms with Crippen LogP contribution in [0.5, 0.6) is 0 Å². The first-order valence-corrected chi connectivity index (χ1v) is 24.2. The van der Waals surface area contributed by atoms with Crippen molar-refractivity contribution in [1.29, 1.82) is 0 Å². The van der Waals surface area contributed by atoms with E-state index in [1.807, 2.05) is 68.4 Å². The number of H-pyrrole nitrogens is 1. The number of pyridine rings is 4. The molecule has 0 radical (unpaired) electrons. The summed E-state index contributed by atoms with van der Waals surface area (Å²) >= 11 is 0. The highest BCUT2D eigenvalue weighted by atomic mass is 28.3. The lowest BCUT2D eigenvalue weighted by atomic mass is 10.0. The Labute approximate surface area is 370 Å². The molecule has 0 atom stereocenters. The third-order valence-electron chi connectivity index (χ3n) is 9.92. The summed E-state index contributed by atoms with van der Waals surface area (Å²) in [5.74, 6) is -0.237. The molecule has 0 amide bonds. The van der Waals surface area contributed by atoms with Crippen molar-refractivity contribution in [2.24, 2.45) is 0 Å². The molecule has 8 heterocycles. The Balaban J connectivity index is 0.000000197. The molecule has 1 N–H and O–H groups in total. The number of hydrogen-bond donors (Lipinski definition) is 1. The van der Waals surface area contributed by atoms with Gasteiger partial charge in [-0.3, -0.25) is 15.1 Å². The number of ether oxygens (including phenoxy) is 3. The van der Waals surface area contributed by atoms with Gasteiger partial charge in [0.25, 0.3) is 11.6 Å². The van der Waals surface area contributed by atoms with Crippen molar-refractivity contribution in [3.8, 4) is 45.0 Å². The fraction of sp³-hybridized carbons (Fsp3) is 0.261. The van der Waals surface area contributed by atoms with E-state index in [1.165, 1.54) is 12.4 Å². The van der Waals surface area contributed by atoms with Crippen LogP contribution in [0.3, 0.4) is 0 Å². The zero-order chi connectivity index (χ0) is 45.5. The van der Waals surface area contributed by atoms with Crippen LogP contribution in [-0.4, -0.2) is 88.5 Å². The third-order valence-corrected chi connectivity index (χ3v) is 11.6. The van der Waals surface area contributed by atoms with Crippen molar-refractivity contribution >= 4 is 42.9 Å². The normalized spacial score (nSPS) is 11.2. The second kappa shape index (κ2) is 19.1. The number of imidazole rings is 2. The molecule has 0 unspecified atom stereocenters. The van der Waals surface area contributed by atoms with Gasteiger partial charge in [0.1, 0.15) is 18.1 Å². The van der Waals surface area contributed by atoms with Gasteiger partial charge in [-0.05, 0) is 70.1 Å². The molecule has 17 nitrogen and oxygen atoms in total. The highest BCUT2D eigenvalue weighted by molar-refractivity contribution is 6.76. The summed E-state index contributed by atoms with van der Waals surface area (Å²) in [5, 5.41) is 11.9. The predicted octanol–water partition coefficient (Wildman–Crippen LogP) is 9.43. The predicted molar refractivity (Wildman–Crippen MR) is 244 cm³/mol. The van der Waals surface area contributed by atoms with Gasteiger partial charge in [-0.15, -0.1) is 0 Å². The number of rotatable bonds is 13. The first kappa shape index (κ1) is 44.3. The minimum atomic E-state index is -1.28. The van der Waals surface area contributed by atoms with Crippen LogP contribution >= 0.6 is 0 Å². The van der Waals surface area contributed by atoms with Crippen molar-refractivity contribution in [3.63, 3.8) is 0 Å². The molecule has 0 saturated carbocycles. The quantitative estimate of drug-likeness (QED) is 0.0505. The summed E-state index contributed by atoms with van der Waals surface area (Å²) < 4.78 is 21.5. The van der Waals surface area contributed by atoms with Crippen molar-refractivity contribution in [1.82, 2.24) is 48.7 Å². The van der Waals surface area contributed by atoms with Gasteiger partial charge in [-0.1, -0.05) is 44.9 Å². The molecule has 64 heavy (non-hydrogen) atoms. The fourth-order valence-corrected chi connectivity index (χ4v) is 7.61. The number of hydrogen-bond acceptors (Lipinski definition) is 11. The van der Waals surface area contributed by atoms with Gasteiger partial charge >= 0.3 is 11.9 Å². The van der Waals surface area contributed by atoms with E-state index in [0.717, 1.165) is 17.4 Å². The molecule has 8 rings (SSSR count). The first-order valence-electron chi connectivity index (χ1n) is 20.5. The first-order chi connectivity index (χ1) is 30.8. The summed E-state index contributed by atoms with van der Waals surface area (Å²) in [4.78, 5) is 50.5. The summed E-state index contributed by atoms with van der Waals surface area (Å²) in [5.41, 5.74) is 8.37. The lowest BCUT2D eigenvalue weighted by Crippen LogP contribution is -2.22. The zero-order valence-electron chi connectivity index (χ0n) is 36.6. The van der Waals surface area contributed by atoms with Gasteiger partial charge in [0.2, 0.25) is 11.3 Å². The van der Waals surface area contributed by atoms with Crippen LogP contribution in [0.15, 0.2) is 85.5 Å². The fourth-order valence-electron chi connectivity index (χ4n) is 6.85. The molecule has 0 saturated heterocycles. The average Bonchev–Trinajstić information content (AvgIpc) is 4.08. The van der Waals surface area contributed by atoms with Crippen molar-refractivity contribution in [2.45, 2.75) is 60.1 Å². The number of fused-ring (bicyclic) bond motifs is 2. The van der Waals surface area contributed by atoms with Crippen LogP contribution in [0.25, 0.3) is 66.0 Å². The zero-order valence-corrected chi connectivity index (χ0v) is 37.6. The van der Waals surface area contributed by atoms with E-state index in [9.17, 15) is 9.59 Å². The van der Waals surface area contributed by atoms with Crippen LogP contribution in [-0.2, 0) is 20.9 Å². The van der Waals surface area contributed by atoms with Gasteiger partial charge < -0.3 is 23.9 Å². The van der Waals surface area contributed by atoms with Crippen LogP contribution in [0.1, 0.15) is 46.2 Å². The molecule has 18 heteroatoms. The number of aryl methyl sites for hydroxylation is 2. The highest BCUT2D eigenvalue weighted by Gasteiger charge is 2.29. The van der Waals surface area contributed by atoms with Gasteiger partial charge in [-0.25, -0.2) is 33.0 Å². The van der Waals surface area contributed by atoms with Gasteiger partial charge in [0.15, 0.2) is 11.4 Å². The van der Waals surface area contributed by atoms with E-state index >= 15 is 0 Å². The molecule has 8 aromatic heterocycles. The van der Waals surface area contributed by atoms with E-state index in [1.54, 1.807) is 45.8 Å². The Morgan fingerprint density at radius 1 is 0.734 bits per heavy atom. The van der Waals surface area contributed by atoms with Gasteiger partial charge in [0.05, 0.1) is 49.4 Å². The topological polar surface area (TPSA) is 177 Å². The van der Waals surface area contributed by atoms with E-state index < -0.39 is 20.0 Å². The van der Waals surface area contributed by atoms with Gasteiger partial charge in [0, 0.05) is 60.5 Å². The number of aromatic nitrogens is 10. The van der Waals surface area contributed by atoms with E-state index in [-0.39, 0.29) is 31.3 Å². The Morgan fingerprint density at radius 2 is 1.28 bits per heavy atom. The Bertz CT molecular complexity index is 3090. The smallest absolute Gasteiger partial charge is 0.357 e. The molecule has 0 aliphatic heterocycles. The average molecular weight is 875 g/mol. The molecule has 324 valence electrons. The maximum atomic E-state index is 13.3. The maximum absolute atomic E-state index is 13.3. The van der Waals surface area contributed by atoms with Crippen molar-refractivity contribution in [2.75, 3.05) is 19.8 Å². The van der Waals surface area contributed by atoms with Crippen LogP contribution in [0.2, 0.25) is 25.7 Å². The molecule has 0 aliphatic rings. The lowest BCUT2D eigenvalue weighted by molar-refractivity contribution is 0.0456. The molecule has 0 fully saturated rings. The Morgan fingerprint density at radius 3 is 1.81 bits per heavy atom. The van der Waals surface area contributed by atoms with Gasteiger partial charge in [-0.2, -0.15) is 10.2 Å². The molecule has 0 aromatic carbocycles. The number of esters is 2. The second-order valence-corrected chi connectivity index (χ2v) is 21.4. The number of nitrogens with one attached hydrogen (secondary N) is 1. The minimum Gasteiger partial charge on any atom is -0.461 e. The molecular weight excluding hydrogens is 829 g/mol. The van der Waals surface area contributed by atoms with Crippen molar-refractivity contribution < 1.29 is 23.8 Å². The monoisotopic (exact) mass is 874 g/mol. The number of carbonyl (C=O) groups is 2. The molecule has 8 aromatic rings. The van der Waals surface area contributed by atoms with Crippen molar-refractivity contribution in [3.05, 3.63) is 131 Å². The summed E-state index contributed by atoms with van der Waals surface area (Å²) in [7, 11) is -1.28. The van der Waals surface area contributed by atoms with E-state index in [2.05, 4.69) is 59.5 Å². The lowest BCUT2D eigenvalue weighted by Gasteiger charge is -2.15. The highest BCUT2D eigenvalue weighted by Crippen LogP contribution is 2.37. The van der Waals surface area contributed by atoms with Crippen LogP contribution < -0.4 is 0 Å². The summed E-state index contributed by atoms with van der Waals surface area (Å²) in [6, 6.07) is 19.6. The third kappa shape index (κ3) is 9.48. The minimum absolute atomic E-state index is 0.109. The molecule has 0 aliphatic carbocycles. The van der Waals surface area contributed by atoms with Crippen LogP contribution in [0, 0.1) is 27.0 Å². The van der Waals surface area contributed by atoms with Crippen LogP contribution in [0.4, 0.5) is 11.6 Å². The molecular formula is C46H46N12O5Si. The Kier molecular flexibility index (Phi) is 13.2. The Hall–Kier alpha value is -7.80. The van der Waals surface area contributed by atoms with E-state index in [4.69, 9.17) is 32.5 Å². The standard InChI is InChI=1S/C26H30N6O3Si.C20H16N6O2/c1-7-35-26(33)25-23(19-11-12-21-28-15-22(27-3)31(21)16-19)24(20-10-8-9-18(2)29-20)30-32(25)17-34-13-14-36(4,5)6;1-4-28-20(27)19-17(18(24-25-19)14-7-5-6-12(2)23-14)13-8-9-15-22-10-16(21-3)26(15)11-13/h8-12,15-16H,7,13-14,17H2,1-2,4-6H3;5-11H,4H2,1-2H3,(H,24,25). The number of carbonyl (C=O) groups excluding carboxylic acids is 2. The summed E-state index contributed by atoms with van der Waals surface area (Å²) in [6.45, 7) is 30.1. The largest absolute Gasteiger partial charge is 0.461 e. The SMILES string of the molecule is [C-]#[N+]c1cnc2ccc(-c3c(-c4cccc(C)n4)n[nH]c3C(=O)OCC)cn12.[C-]#[N+]c1cnc2ccc(-c3c(-c4cccc(C)n4)nn(COCC[Si](C)(C)C)c3C(=O)OCC)cn12. The van der Waals surface area contributed by atoms with E-state index in [0.29, 0.717) is 74.6 Å². The molecule has 0 bridgehead atoms. The molecule has 0 spiro atoms. The maximum Gasteiger partial charge on any atom is 0.357 e. The second-order valence-electron chi connectivity index (χ2n) is 15.8. The summed E-state index contributed by atoms with van der Waals surface area (Å²) in [6.07, 6.45) is 6.60. The number of nitrogens with zero attached hydrogens (tertiary/aromatic N) is 11.